The molecule has 1 N–H and O–H groups in total. The van der Waals surface area contributed by atoms with Crippen LogP contribution in [0, 0.1) is 0 Å². The van der Waals surface area contributed by atoms with Crippen molar-refractivity contribution in [3.8, 4) is 0 Å². The van der Waals surface area contributed by atoms with Crippen LogP contribution >= 0.6 is 11.3 Å². The van der Waals surface area contributed by atoms with Crippen LogP contribution in [0.1, 0.15) is 31.5 Å². The summed E-state index contributed by atoms with van der Waals surface area (Å²) in [7, 11) is 0. The van der Waals surface area contributed by atoms with Gasteiger partial charge >= 0.3 is 6.18 Å². The first-order valence-corrected chi connectivity index (χ1v) is 5.79. The Morgan fingerprint density at radius 1 is 1.31 bits per heavy atom. The van der Waals surface area contributed by atoms with Crippen LogP contribution in [0.3, 0.4) is 0 Å². The Morgan fingerprint density at radius 3 is 2.44 bits per heavy atom. The molecule has 0 aliphatic heterocycles. The van der Waals surface area contributed by atoms with Crippen LogP contribution < -0.4 is 5.32 Å². The third kappa shape index (κ3) is 5.46. The maximum Gasteiger partial charge on any atom is 0.395 e. The number of rotatable bonds is 3. The maximum absolute atomic E-state index is 12.1. The highest BCUT2D eigenvalue weighted by atomic mass is 32.1. The third-order valence-electron chi connectivity index (χ3n) is 1.75. The first kappa shape index (κ1) is 13.4. The van der Waals surface area contributed by atoms with Crippen LogP contribution in [0.25, 0.3) is 0 Å². The molecule has 0 bridgehead atoms. The first-order chi connectivity index (χ1) is 7.16. The van der Waals surface area contributed by atoms with Crippen molar-refractivity contribution in [3.63, 3.8) is 0 Å². The summed E-state index contributed by atoms with van der Waals surface area (Å²) in [6.07, 6.45) is -5.11. The molecule has 0 radical (unpaired) electrons. The molecule has 0 aliphatic rings. The number of hydrogen-bond acceptors (Lipinski definition) is 3. The lowest BCUT2D eigenvalue weighted by Crippen LogP contribution is -2.35. The Bertz CT molecular complexity index is 339. The van der Waals surface area contributed by atoms with Crippen LogP contribution in [-0.2, 0) is 13.0 Å². The van der Waals surface area contributed by atoms with Crippen molar-refractivity contribution in [3.05, 3.63) is 16.1 Å². The fourth-order valence-corrected chi connectivity index (χ4v) is 1.86. The minimum atomic E-state index is -4.17. The average molecular weight is 252 g/mol. The zero-order chi connectivity index (χ0) is 12.4. The second-order valence-corrected chi connectivity index (χ2v) is 5.57. The van der Waals surface area contributed by atoms with Gasteiger partial charge in [-0.1, -0.05) is 0 Å². The van der Waals surface area contributed by atoms with Crippen molar-refractivity contribution in [2.45, 2.75) is 45.5 Å². The molecule has 6 heteroatoms. The molecule has 0 saturated heterocycles. The standard InChI is InChI=1S/C10H15F3N2S/c1-9(2,3)14-5-7-6-16-8(15-7)4-10(11,12)13/h6,14H,4-5H2,1-3H3. The number of thiazole rings is 1. The van der Waals surface area contributed by atoms with Crippen LogP contribution in [0.5, 0.6) is 0 Å². The smallest absolute Gasteiger partial charge is 0.306 e. The number of hydrogen-bond donors (Lipinski definition) is 1. The van der Waals surface area contributed by atoms with Crippen LogP contribution in [0.2, 0.25) is 0 Å². The van der Waals surface area contributed by atoms with Crippen molar-refractivity contribution < 1.29 is 13.2 Å². The summed E-state index contributed by atoms with van der Waals surface area (Å²) >= 11 is 1.06. The Balaban J connectivity index is 2.52. The largest absolute Gasteiger partial charge is 0.395 e. The van der Waals surface area contributed by atoms with Gasteiger partial charge in [0.1, 0.15) is 5.01 Å². The first-order valence-electron chi connectivity index (χ1n) is 4.91. The molecular formula is C10H15F3N2S. The second-order valence-electron chi connectivity index (χ2n) is 4.63. The van der Waals surface area contributed by atoms with Gasteiger partial charge in [0.2, 0.25) is 0 Å². The Labute approximate surface area is 96.9 Å². The molecule has 1 rings (SSSR count). The topological polar surface area (TPSA) is 24.9 Å². The summed E-state index contributed by atoms with van der Waals surface area (Å²) in [6, 6.07) is 0. The van der Waals surface area contributed by atoms with Gasteiger partial charge < -0.3 is 5.32 Å². The lowest BCUT2D eigenvalue weighted by atomic mass is 10.1. The minimum absolute atomic E-state index is 0.0617. The molecule has 2 nitrogen and oxygen atoms in total. The van der Waals surface area contributed by atoms with E-state index in [2.05, 4.69) is 10.3 Å². The molecular weight excluding hydrogens is 237 g/mol. The van der Waals surface area contributed by atoms with Gasteiger partial charge in [-0.2, -0.15) is 13.2 Å². The molecule has 0 spiro atoms. The average Bonchev–Trinajstić information content (AvgIpc) is 2.44. The molecule has 0 amide bonds. The molecule has 16 heavy (non-hydrogen) atoms. The van der Waals surface area contributed by atoms with Crippen LogP contribution in [-0.4, -0.2) is 16.7 Å². The van der Waals surface area contributed by atoms with Crippen molar-refractivity contribution in [2.75, 3.05) is 0 Å². The van der Waals surface area contributed by atoms with E-state index in [1.165, 1.54) is 0 Å². The Morgan fingerprint density at radius 2 is 1.94 bits per heavy atom. The van der Waals surface area contributed by atoms with Crippen molar-refractivity contribution in [1.29, 1.82) is 0 Å². The highest BCUT2D eigenvalue weighted by molar-refractivity contribution is 7.09. The molecule has 1 aromatic heterocycles. The summed E-state index contributed by atoms with van der Waals surface area (Å²) in [6.45, 7) is 6.49. The van der Waals surface area contributed by atoms with E-state index in [9.17, 15) is 13.2 Å². The summed E-state index contributed by atoms with van der Waals surface area (Å²) in [5.74, 6) is 0. The third-order valence-corrected chi connectivity index (χ3v) is 2.65. The fraction of sp³-hybridized carbons (Fsp3) is 0.700. The molecule has 0 aromatic carbocycles. The number of nitrogens with zero attached hydrogens (tertiary/aromatic N) is 1. The van der Waals surface area contributed by atoms with Crippen LogP contribution in [0.4, 0.5) is 13.2 Å². The van der Waals surface area contributed by atoms with Gasteiger partial charge in [0, 0.05) is 17.5 Å². The van der Waals surface area contributed by atoms with E-state index in [4.69, 9.17) is 0 Å². The second kappa shape index (κ2) is 4.71. The van der Waals surface area contributed by atoms with Gasteiger partial charge in [-0.15, -0.1) is 11.3 Å². The van der Waals surface area contributed by atoms with E-state index in [1.54, 1.807) is 5.38 Å². The number of halogens is 3. The number of nitrogens with one attached hydrogen (secondary N) is 1. The lowest BCUT2D eigenvalue weighted by Gasteiger charge is -2.19. The molecule has 0 fully saturated rings. The van der Waals surface area contributed by atoms with Crippen molar-refractivity contribution in [2.24, 2.45) is 0 Å². The molecule has 0 unspecified atom stereocenters. The molecule has 1 aromatic rings. The van der Waals surface area contributed by atoms with E-state index in [1.807, 2.05) is 20.8 Å². The zero-order valence-electron chi connectivity index (χ0n) is 9.48. The number of alkyl halides is 3. The summed E-state index contributed by atoms with van der Waals surface area (Å²) in [4.78, 5) is 3.93. The SMILES string of the molecule is CC(C)(C)NCc1csc(CC(F)(F)F)n1. The monoisotopic (exact) mass is 252 g/mol. The molecule has 92 valence electrons. The predicted molar refractivity (Wildman–Crippen MR) is 58.5 cm³/mol. The van der Waals surface area contributed by atoms with Gasteiger partial charge in [0.15, 0.2) is 0 Å². The Hall–Kier alpha value is -0.620. The van der Waals surface area contributed by atoms with Gasteiger partial charge in [-0.3, -0.25) is 0 Å². The van der Waals surface area contributed by atoms with E-state index in [0.29, 0.717) is 12.2 Å². The summed E-state index contributed by atoms with van der Waals surface area (Å²) in [5, 5.41) is 4.97. The molecule has 0 aliphatic carbocycles. The fourth-order valence-electron chi connectivity index (χ4n) is 1.04. The predicted octanol–water partition coefficient (Wildman–Crippen LogP) is 3.14. The normalized spacial score (nSPS) is 13.1. The Kier molecular flexibility index (Phi) is 3.96. The highest BCUT2D eigenvalue weighted by Crippen LogP contribution is 2.23. The molecule has 0 saturated carbocycles. The van der Waals surface area contributed by atoms with E-state index in [0.717, 1.165) is 11.3 Å². The summed E-state index contributed by atoms with van der Waals surface area (Å²) < 4.78 is 36.2. The van der Waals surface area contributed by atoms with Crippen molar-refractivity contribution in [1.82, 2.24) is 10.3 Å². The van der Waals surface area contributed by atoms with E-state index >= 15 is 0 Å². The molecule has 1 heterocycles. The quantitative estimate of drug-likeness (QED) is 0.894. The zero-order valence-corrected chi connectivity index (χ0v) is 10.3. The van der Waals surface area contributed by atoms with Gasteiger partial charge in [-0.05, 0) is 20.8 Å². The molecule has 0 atom stereocenters. The summed E-state index contributed by atoms with van der Waals surface area (Å²) in [5.41, 5.74) is 0.604. The number of aromatic nitrogens is 1. The van der Waals surface area contributed by atoms with E-state index in [-0.39, 0.29) is 10.5 Å². The van der Waals surface area contributed by atoms with Crippen LogP contribution in [0.15, 0.2) is 5.38 Å². The highest BCUT2D eigenvalue weighted by Gasteiger charge is 2.29. The van der Waals surface area contributed by atoms with Gasteiger partial charge in [0.05, 0.1) is 12.1 Å². The van der Waals surface area contributed by atoms with Gasteiger partial charge in [0.25, 0.3) is 0 Å². The van der Waals surface area contributed by atoms with Crippen molar-refractivity contribution >= 4 is 11.3 Å². The van der Waals surface area contributed by atoms with Gasteiger partial charge in [-0.25, -0.2) is 4.98 Å². The lowest BCUT2D eigenvalue weighted by molar-refractivity contribution is -0.127. The van der Waals surface area contributed by atoms with E-state index < -0.39 is 12.6 Å². The minimum Gasteiger partial charge on any atom is -0.306 e. The maximum atomic E-state index is 12.1.